The third-order valence-corrected chi connectivity index (χ3v) is 3.71. The SMILES string of the molecule is CSc1cccc(NC(=O)Cn2nc(-c3ccco3)oc2=O)c1. The molecule has 0 aliphatic heterocycles. The Hall–Kier alpha value is -2.74. The molecule has 1 amide bonds. The Morgan fingerprint density at radius 2 is 2.22 bits per heavy atom. The number of hydrogen-bond acceptors (Lipinski definition) is 6. The lowest BCUT2D eigenvalue weighted by atomic mass is 10.3. The number of carbonyl (C=O) groups excluding carboxylic acids is 1. The molecule has 3 rings (SSSR count). The normalized spacial score (nSPS) is 10.7. The first-order valence-electron chi connectivity index (χ1n) is 6.71. The Morgan fingerprint density at radius 1 is 1.35 bits per heavy atom. The maximum atomic E-state index is 12.0. The van der Waals surface area contributed by atoms with Gasteiger partial charge in [0.1, 0.15) is 6.54 Å². The van der Waals surface area contributed by atoms with E-state index in [-0.39, 0.29) is 18.3 Å². The van der Waals surface area contributed by atoms with Crippen molar-refractivity contribution in [3.63, 3.8) is 0 Å². The zero-order valence-electron chi connectivity index (χ0n) is 12.2. The smallest absolute Gasteiger partial charge is 0.437 e. The van der Waals surface area contributed by atoms with Crippen LogP contribution in [-0.2, 0) is 11.3 Å². The molecule has 1 N–H and O–H groups in total. The molecular weight excluding hydrogens is 318 g/mol. The van der Waals surface area contributed by atoms with E-state index in [1.165, 1.54) is 6.26 Å². The number of thioether (sulfide) groups is 1. The van der Waals surface area contributed by atoms with Gasteiger partial charge < -0.3 is 14.2 Å². The molecule has 0 atom stereocenters. The molecule has 23 heavy (non-hydrogen) atoms. The zero-order chi connectivity index (χ0) is 16.2. The van der Waals surface area contributed by atoms with Gasteiger partial charge in [-0.2, -0.15) is 4.68 Å². The van der Waals surface area contributed by atoms with Crippen LogP contribution in [0.4, 0.5) is 5.69 Å². The topological polar surface area (TPSA) is 90.3 Å². The van der Waals surface area contributed by atoms with Crippen molar-refractivity contribution >= 4 is 23.4 Å². The van der Waals surface area contributed by atoms with Crippen LogP contribution in [-0.4, -0.2) is 21.9 Å². The lowest BCUT2D eigenvalue weighted by Crippen LogP contribution is -2.25. The Morgan fingerprint density at radius 3 is 2.96 bits per heavy atom. The Balaban J connectivity index is 1.72. The van der Waals surface area contributed by atoms with Crippen molar-refractivity contribution in [3.05, 3.63) is 53.2 Å². The van der Waals surface area contributed by atoms with Crippen molar-refractivity contribution in [1.82, 2.24) is 9.78 Å². The van der Waals surface area contributed by atoms with Gasteiger partial charge in [-0.05, 0) is 36.6 Å². The fourth-order valence-electron chi connectivity index (χ4n) is 1.94. The molecule has 118 valence electrons. The minimum Gasteiger partial charge on any atom is -0.459 e. The van der Waals surface area contributed by atoms with Crippen molar-refractivity contribution in [2.75, 3.05) is 11.6 Å². The number of nitrogens with one attached hydrogen (secondary N) is 1. The highest BCUT2D eigenvalue weighted by molar-refractivity contribution is 7.98. The predicted octanol–water partition coefficient (Wildman–Crippen LogP) is 2.46. The molecule has 1 aromatic carbocycles. The van der Waals surface area contributed by atoms with Crippen molar-refractivity contribution in [2.45, 2.75) is 11.4 Å². The van der Waals surface area contributed by atoms with Crippen molar-refractivity contribution < 1.29 is 13.6 Å². The summed E-state index contributed by atoms with van der Waals surface area (Å²) < 4.78 is 11.0. The van der Waals surface area contributed by atoms with E-state index in [9.17, 15) is 9.59 Å². The van der Waals surface area contributed by atoms with Gasteiger partial charge in [0.25, 0.3) is 5.89 Å². The number of anilines is 1. The number of aromatic nitrogens is 2. The van der Waals surface area contributed by atoms with Gasteiger partial charge in [-0.15, -0.1) is 16.9 Å². The van der Waals surface area contributed by atoms with Crippen LogP contribution in [0.3, 0.4) is 0 Å². The molecule has 0 saturated carbocycles. The first kappa shape index (κ1) is 15.2. The molecule has 8 heteroatoms. The van der Waals surface area contributed by atoms with E-state index < -0.39 is 5.76 Å². The number of amides is 1. The van der Waals surface area contributed by atoms with Gasteiger partial charge >= 0.3 is 5.76 Å². The summed E-state index contributed by atoms with van der Waals surface area (Å²) in [6.45, 7) is -0.244. The van der Waals surface area contributed by atoms with Crippen LogP contribution in [0.2, 0.25) is 0 Å². The number of rotatable bonds is 5. The van der Waals surface area contributed by atoms with Crippen LogP contribution in [0.5, 0.6) is 0 Å². The Bertz CT molecular complexity index is 867. The summed E-state index contributed by atoms with van der Waals surface area (Å²) in [5.41, 5.74) is 0.657. The van der Waals surface area contributed by atoms with Gasteiger partial charge in [-0.25, -0.2) is 4.79 Å². The molecule has 2 heterocycles. The first-order valence-corrected chi connectivity index (χ1v) is 7.94. The standard InChI is InChI=1S/C15H13N3O4S/c1-23-11-5-2-4-10(8-11)16-13(19)9-18-15(20)22-14(17-18)12-6-3-7-21-12/h2-8H,9H2,1H3,(H,16,19). The third kappa shape index (κ3) is 3.54. The second-order valence-electron chi connectivity index (χ2n) is 4.59. The van der Waals surface area contributed by atoms with E-state index in [1.807, 2.05) is 24.5 Å². The van der Waals surface area contributed by atoms with Crippen molar-refractivity contribution in [1.29, 1.82) is 0 Å². The van der Waals surface area contributed by atoms with Crippen LogP contribution in [0.1, 0.15) is 0 Å². The largest absolute Gasteiger partial charge is 0.459 e. The molecule has 7 nitrogen and oxygen atoms in total. The number of furan rings is 1. The van der Waals surface area contributed by atoms with Crippen LogP contribution >= 0.6 is 11.8 Å². The highest BCUT2D eigenvalue weighted by Crippen LogP contribution is 2.19. The molecular formula is C15H13N3O4S. The fraction of sp³-hybridized carbons (Fsp3) is 0.133. The lowest BCUT2D eigenvalue weighted by Gasteiger charge is -2.05. The summed E-state index contributed by atoms with van der Waals surface area (Å²) in [4.78, 5) is 24.8. The quantitative estimate of drug-likeness (QED) is 0.722. The minimum absolute atomic E-state index is 0.0391. The van der Waals surface area contributed by atoms with Crippen LogP contribution in [0.15, 0.2) is 61.2 Å². The number of nitrogens with zero attached hydrogens (tertiary/aromatic N) is 2. The summed E-state index contributed by atoms with van der Waals surface area (Å²) in [5, 5.41) is 6.67. The van der Waals surface area contributed by atoms with Gasteiger partial charge in [-0.3, -0.25) is 4.79 Å². The maximum absolute atomic E-state index is 12.0. The molecule has 0 aliphatic rings. The van der Waals surface area contributed by atoms with Gasteiger partial charge in [0.2, 0.25) is 5.91 Å². The minimum atomic E-state index is -0.718. The Labute approximate surface area is 135 Å². The summed E-state index contributed by atoms with van der Waals surface area (Å²) in [5.74, 6) is -0.722. The molecule has 2 aromatic heterocycles. The van der Waals surface area contributed by atoms with E-state index in [2.05, 4.69) is 10.4 Å². The average molecular weight is 331 g/mol. The van der Waals surface area contributed by atoms with E-state index in [1.54, 1.807) is 30.0 Å². The summed E-state index contributed by atoms with van der Waals surface area (Å²) in [7, 11) is 0. The second-order valence-corrected chi connectivity index (χ2v) is 5.47. The van der Waals surface area contributed by atoms with E-state index >= 15 is 0 Å². The molecule has 0 aliphatic carbocycles. The lowest BCUT2D eigenvalue weighted by molar-refractivity contribution is -0.117. The average Bonchev–Trinajstić information content (AvgIpc) is 3.18. The van der Waals surface area contributed by atoms with E-state index in [0.717, 1.165) is 9.58 Å². The number of benzene rings is 1. The van der Waals surface area contributed by atoms with E-state index in [0.29, 0.717) is 11.4 Å². The van der Waals surface area contributed by atoms with Crippen molar-refractivity contribution in [3.8, 4) is 11.7 Å². The monoisotopic (exact) mass is 331 g/mol. The zero-order valence-corrected chi connectivity index (χ0v) is 13.0. The van der Waals surface area contributed by atoms with Gasteiger partial charge in [-0.1, -0.05) is 6.07 Å². The summed E-state index contributed by atoms with van der Waals surface area (Å²) in [6.07, 6.45) is 3.39. The highest BCUT2D eigenvalue weighted by atomic mass is 32.2. The van der Waals surface area contributed by atoms with Crippen molar-refractivity contribution in [2.24, 2.45) is 0 Å². The van der Waals surface area contributed by atoms with Gasteiger partial charge in [0.05, 0.1) is 6.26 Å². The second kappa shape index (κ2) is 6.57. The highest BCUT2D eigenvalue weighted by Gasteiger charge is 2.15. The Kier molecular flexibility index (Phi) is 4.33. The van der Waals surface area contributed by atoms with Gasteiger partial charge in [0, 0.05) is 10.6 Å². The van der Waals surface area contributed by atoms with Crippen LogP contribution < -0.4 is 11.1 Å². The van der Waals surface area contributed by atoms with Crippen LogP contribution in [0.25, 0.3) is 11.7 Å². The molecule has 0 spiro atoms. The fourth-order valence-corrected chi connectivity index (χ4v) is 2.40. The molecule has 0 fully saturated rings. The maximum Gasteiger partial charge on any atom is 0.437 e. The molecule has 0 unspecified atom stereocenters. The molecule has 0 radical (unpaired) electrons. The van der Waals surface area contributed by atoms with Crippen LogP contribution in [0, 0.1) is 0 Å². The molecule has 0 saturated heterocycles. The van der Waals surface area contributed by atoms with Gasteiger partial charge in [0.15, 0.2) is 5.76 Å². The summed E-state index contributed by atoms with van der Waals surface area (Å²) >= 11 is 1.57. The molecule has 0 bridgehead atoms. The van der Waals surface area contributed by atoms with E-state index in [4.69, 9.17) is 8.83 Å². The third-order valence-electron chi connectivity index (χ3n) is 2.99. The predicted molar refractivity (Wildman–Crippen MR) is 85.3 cm³/mol. The number of carbonyl (C=O) groups is 1. The first-order chi connectivity index (χ1) is 11.2. The number of hydrogen-bond donors (Lipinski definition) is 1. The summed E-state index contributed by atoms with van der Waals surface area (Å²) in [6, 6.07) is 10.7. The molecule has 3 aromatic rings.